The number of aliphatic hydroxyl groups excluding tert-OH is 1. The van der Waals surface area contributed by atoms with E-state index in [1.165, 1.54) is 0 Å². The smallest absolute Gasteiger partial charge is 0.238 e. The summed E-state index contributed by atoms with van der Waals surface area (Å²) in [5, 5.41) is 11.9. The number of aliphatic hydroxyl groups is 1. The van der Waals surface area contributed by atoms with Gasteiger partial charge in [-0.05, 0) is 37.1 Å². The molecular weight excluding hydrogens is 244 g/mol. The number of carbonyl (C=O) groups is 1. The van der Waals surface area contributed by atoms with Crippen LogP contribution in [0.2, 0.25) is 0 Å². The molecule has 0 aliphatic carbocycles. The van der Waals surface area contributed by atoms with Crippen molar-refractivity contribution in [2.45, 2.75) is 25.8 Å². The van der Waals surface area contributed by atoms with Crippen LogP contribution in [0.1, 0.15) is 18.9 Å². The van der Waals surface area contributed by atoms with Gasteiger partial charge in [-0.15, -0.1) is 0 Å². The van der Waals surface area contributed by atoms with Crippen molar-refractivity contribution in [2.75, 3.05) is 19.8 Å². The van der Waals surface area contributed by atoms with Gasteiger partial charge in [0.15, 0.2) is 0 Å². The number of hydrogen-bond acceptors (Lipinski definition) is 4. The summed E-state index contributed by atoms with van der Waals surface area (Å²) in [6.07, 6.45) is 1.56. The van der Waals surface area contributed by atoms with Gasteiger partial charge >= 0.3 is 0 Å². The zero-order valence-corrected chi connectivity index (χ0v) is 11.3. The molecule has 0 saturated heterocycles. The van der Waals surface area contributed by atoms with E-state index < -0.39 is 11.9 Å². The molecule has 1 unspecified atom stereocenters. The Labute approximate surface area is 113 Å². The fourth-order valence-corrected chi connectivity index (χ4v) is 1.62. The van der Waals surface area contributed by atoms with Crippen LogP contribution < -0.4 is 15.8 Å². The third kappa shape index (κ3) is 5.72. The number of rotatable bonds is 9. The van der Waals surface area contributed by atoms with Gasteiger partial charge in [0, 0.05) is 6.61 Å². The van der Waals surface area contributed by atoms with Gasteiger partial charge in [0.1, 0.15) is 18.4 Å². The highest BCUT2D eigenvalue weighted by Gasteiger charge is 2.14. The van der Waals surface area contributed by atoms with Gasteiger partial charge in [-0.3, -0.25) is 4.79 Å². The van der Waals surface area contributed by atoms with Crippen LogP contribution in [0.5, 0.6) is 5.75 Å². The molecule has 19 heavy (non-hydrogen) atoms. The molecule has 0 bridgehead atoms. The summed E-state index contributed by atoms with van der Waals surface area (Å²) in [5.41, 5.74) is 6.34. The second-order valence-corrected chi connectivity index (χ2v) is 4.34. The van der Waals surface area contributed by atoms with Crippen LogP contribution in [0, 0.1) is 0 Å². The highest BCUT2D eigenvalue weighted by molar-refractivity contribution is 5.80. The summed E-state index contributed by atoms with van der Waals surface area (Å²) in [6, 6.07) is 6.96. The van der Waals surface area contributed by atoms with Gasteiger partial charge < -0.3 is 20.9 Å². The SMILES string of the molecule is CCCNC(COc1ccc(CCO)cc1)C(N)=O. The van der Waals surface area contributed by atoms with Crippen molar-refractivity contribution in [3.05, 3.63) is 29.8 Å². The van der Waals surface area contributed by atoms with Gasteiger partial charge in [-0.25, -0.2) is 0 Å². The van der Waals surface area contributed by atoms with Crippen LogP contribution in [0.3, 0.4) is 0 Å². The molecule has 5 heteroatoms. The largest absolute Gasteiger partial charge is 0.491 e. The summed E-state index contributed by atoms with van der Waals surface area (Å²) in [7, 11) is 0. The number of nitrogens with two attached hydrogens (primary N) is 1. The van der Waals surface area contributed by atoms with Crippen LogP contribution in [-0.4, -0.2) is 36.8 Å². The second-order valence-electron chi connectivity index (χ2n) is 4.34. The van der Waals surface area contributed by atoms with Crippen LogP contribution in [0.4, 0.5) is 0 Å². The quantitative estimate of drug-likeness (QED) is 0.606. The van der Waals surface area contributed by atoms with Crippen LogP contribution >= 0.6 is 0 Å². The predicted octanol–water partition coefficient (Wildman–Crippen LogP) is 0.454. The first-order chi connectivity index (χ1) is 9.17. The van der Waals surface area contributed by atoms with E-state index >= 15 is 0 Å². The van der Waals surface area contributed by atoms with E-state index in [9.17, 15) is 4.79 Å². The van der Waals surface area contributed by atoms with Gasteiger partial charge in [-0.2, -0.15) is 0 Å². The van der Waals surface area contributed by atoms with E-state index in [-0.39, 0.29) is 13.2 Å². The summed E-state index contributed by atoms with van der Waals surface area (Å²) in [5.74, 6) is 0.275. The molecule has 5 nitrogen and oxygen atoms in total. The summed E-state index contributed by atoms with van der Waals surface area (Å²) in [6.45, 7) is 3.10. The van der Waals surface area contributed by atoms with Crippen molar-refractivity contribution < 1.29 is 14.6 Å². The number of ether oxygens (including phenoxy) is 1. The minimum atomic E-state index is -0.475. The maximum absolute atomic E-state index is 11.2. The van der Waals surface area contributed by atoms with Crippen molar-refractivity contribution >= 4 is 5.91 Å². The number of nitrogens with one attached hydrogen (secondary N) is 1. The molecule has 1 atom stereocenters. The lowest BCUT2D eigenvalue weighted by atomic mass is 10.1. The first-order valence-electron chi connectivity index (χ1n) is 6.52. The lowest BCUT2D eigenvalue weighted by molar-refractivity contribution is -0.120. The molecular formula is C14H22N2O3. The first-order valence-corrected chi connectivity index (χ1v) is 6.52. The molecule has 0 fully saturated rings. The normalized spacial score (nSPS) is 12.1. The van der Waals surface area contributed by atoms with E-state index in [4.69, 9.17) is 15.6 Å². The zero-order valence-electron chi connectivity index (χ0n) is 11.3. The minimum absolute atomic E-state index is 0.130. The molecule has 0 heterocycles. The highest BCUT2D eigenvalue weighted by atomic mass is 16.5. The van der Waals surface area contributed by atoms with E-state index in [1.54, 1.807) is 0 Å². The Bertz CT molecular complexity index is 379. The molecule has 4 N–H and O–H groups in total. The Morgan fingerprint density at radius 3 is 2.63 bits per heavy atom. The number of primary amides is 1. The first kappa shape index (κ1) is 15.5. The molecule has 1 aromatic carbocycles. The molecule has 0 radical (unpaired) electrons. The minimum Gasteiger partial charge on any atom is -0.491 e. The molecule has 1 rings (SSSR count). The third-order valence-corrected chi connectivity index (χ3v) is 2.72. The van der Waals surface area contributed by atoms with E-state index in [2.05, 4.69) is 5.32 Å². The third-order valence-electron chi connectivity index (χ3n) is 2.72. The van der Waals surface area contributed by atoms with E-state index in [0.717, 1.165) is 18.5 Å². The maximum Gasteiger partial charge on any atom is 0.238 e. The monoisotopic (exact) mass is 266 g/mol. The molecule has 1 aromatic rings. The summed E-state index contributed by atoms with van der Waals surface area (Å²) in [4.78, 5) is 11.2. The average molecular weight is 266 g/mol. The van der Waals surface area contributed by atoms with Crippen LogP contribution in [0.15, 0.2) is 24.3 Å². The Morgan fingerprint density at radius 1 is 1.42 bits per heavy atom. The summed E-state index contributed by atoms with van der Waals surface area (Å²) >= 11 is 0. The average Bonchev–Trinajstić information content (AvgIpc) is 2.40. The number of carbonyl (C=O) groups excluding carboxylic acids is 1. The zero-order chi connectivity index (χ0) is 14.1. The lowest BCUT2D eigenvalue weighted by Crippen LogP contribution is -2.45. The fourth-order valence-electron chi connectivity index (χ4n) is 1.62. The van der Waals surface area contributed by atoms with Crippen LogP contribution in [0.25, 0.3) is 0 Å². The lowest BCUT2D eigenvalue weighted by Gasteiger charge is -2.16. The van der Waals surface area contributed by atoms with Gasteiger partial charge in [0.25, 0.3) is 0 Å². The number of amides is 1. The standard InChI is InChI=1S/C14H22N2O3/c1-2-8-16-13(14(15)18)10-19-12-5-3-11(4-6-12)7-9-17/h3-6,13,16-17H,2,7-10H2,1H3,(H2,15,18). The Kier molecular flexibility index (Phi) is 6.92. The number of benzene rings is 1. The molecule has 0 saturated carbocycles. The molecule has 106 valence electrons. The fraction of sp³-hybridized carbons (Fsp3) is 0.500. The molecule has 0 spiro atoms. The highest BCUT2D eigenvalue weighted by Crippen LogP contribution is 2.12. The molecule has 0 aromatic heterocycles. The van der Waals surface area contributed by atoms with Gasteiger partial charge in [0.05, 0.1) is 0 Å². The van der Waals surface area contributed by atoms with E-state index in [1.807, 2.05) is 31.2 Å². The Balaban J connectivity index is 2.46. The second kappa shape index (κ2) is 8.50. The Hall–Kier alpha value is -1.59. The van der Waals surface area contributed by atoms with Crippen molar-refractivity contribution in [3.8, 4) is 5.75 Å². The van der Waals surface area contributed by atoms with Crippen LogP contribution in [-0.2, 0) is 11.2 Å². The van der Waals surface area contributed by atoms with Crippen molar-refractivity contribution in [1.29, 1.82) is 0 Å². The topological polar surface area (TPSA) is 84.6 Å². The van der Waals surface area contributed by atoms with E-state index in [0.29, 0.717) is 12.2 Å². The molecule has 1 amide bonds. The maximum atomic E-state index is 11.2. The van der Waals surface area contributed by atoms with Crippen molar-refractivity contribution in [3.63, 3.8) is 0 Å². The summed E-state index contributed by atoms with van der Waals surface area (Å²) < 4.78 is 5.53. The van der Waals surface area contributed by atoms with Crippen molar-refractivity contribution in [1.82, 2.24) is 5.32 Å². The van der Waals surface area contributed by atoms with Gasteiger partial charge in [0.2, 0.25) is 5.91 Å². The Morgan fingerprint density at radius 2 is 2.11 bits per heavy atom. The predicted molar refractivity (Wildman–Crippen MR) is 74.0 cm³/mol. The molecule has 0 aliphatic heterocycles. The van der Waals surface area contributed by atoms with Gasteiger partial charge in [-0.1, -0.05) is 19.1 Å². The van der Waals surface area contributed by atoms with Crippen molar-refractivity contribution in [2.24, 2.45) is 5.73 Å². The number of hydrogen-bond donors (Lipinski definition) is 3. The molecule has 0 aliphatic rings.